The molecule has 9 heteroatoms. The SMILES string of the molecule is Cc1nc(C(=O)N2CCS/C2=C/c2nc(-c3ccccc3F)no2)co1. The highest BCUT2D eigenvalue weighted by Crippen LogP contribution is 2.31. The molecule has 0 bridgehead atoms. The first-order valence-corrected chi connectivity index (χ1v) is 8.77. The van der Waals surface area contributed by atoms with Gasteiger partial charge in [-0.3, -0.25) is 4.79 Å². The number of hydrogen-bond donors (Lipinski definition) is 0. The van der Waals surface area contributed by atoms with E-state index >= 15 is 0 Å². The lowest BCUT2D eigenvalue weighted by Crippen LogP contribution is -2.27. The number of carbonyl (C=O) groups excluding carboxylic acids is 1. The van der Waals surface area contributed by atoms with Gasteiger partial charge >= 0.3 is 0 Å². The second-order valence-corrected chi connectivity index (χ2v) is 6.59. The maximum atomic E-state index is 13.8. The standard InChI is InChI=1S/C17H13FN4O3S/c1-10-19-13(9-24-10)17(23)22-6-7-26-15(22)8-14-20-16(21-25-14)11-4-2-3-5-12(11)18/h2-5,8-9H,6-7H2,1H3/b15-8+. The normalized spacial score (nSPS) is 15.8. The Bertz CT molecular complexity index is 997. The Balaban J connectivity index is 1.60. The van der Waals surface area contributed by atoms with Gasteiger partial charge in [0.05, 0.1) is 10.6 Å². The predicted octanol–water partition coefficient (Wildman–Crippen LogP) is 3.36. The molecule has 3 aromatic rings. The number of nitrogens with zero attached hydrogens (tertiary/aromatic N) is 4. The van der Waals surface area contributed by atoms with Crippen molar-refractivity contribution in [3.8, 4) is 11.4 Å². The third-order valence-corrected chi connectivity index (χ3v) is 4.74. The van der Waals surface area contributed by atoms with Gasteiger partial charge in [-0.15, -0.1) is 11.8 Å². The highest BCUT2D eigenvalue weighted by molar-refractivity contribution is 8.03. The molecule has 1 aromatic carbocycles. The van der Waals surface area contributed by atoms with Crippen LogP contribution in [-0.4, -0.2) is 38.2 Å². The van der Waals surface area contributed by atoms with Crippen molar-refractivity contribution < 1.29 is 18.1 Å². The molecular weight excluding hydrogens is 359 g/mol. The summed E-state index contributed by atoms with van der Waals surface area (Å²) in [6, 6.07) is 6.19. The maximum absolute atomic E-state index is 13.8. The van der Waals surface area contributed by atoms with Gasteiger partial charge in [0.15, 0.2) is 11.6 Å². The number of benzene rings is 1. The minimum atomic E-state index is -0.430. The summed E-state index contributed by atoms with van der Waals surface area (Å²) >= 11 is 1.49. The van der Waals surface area contributed by atoms with Crippen molar-refractivity contribution in [2.45, 2.75) is 6.92 Å². The van der Waals surface area contributed by atoms with E-state index in [9.17, 15) is 9.18 Å². The summed E-state index contributed by atoms with van der Waals surface area (Å²) in [4.78, 5) is 22.4. The van der Waals surface area contributed by atoms with Gasteiger partial charge in [0.2, 0.25) is 5.82 Å². The van der Waals surface area contributed by atoms with E-state index in [0.717, 1.165) is 5.75 Å². The van der Waals surface area contributed by atoms with Crippen LogP contribution in [0.5, 0.6) is 0 Å². The first kappa shape index (κ1) is 16.5. The van der Waals surface area contributed by atoms with Crippen LogP contribution >= 0.6 is 11.8 Å². The van der Waals surface area contributed by atoms with E-state index in [1.165, 1.54) is 24.1 Å². The Hall–Kier alpha value is -2.94. The van der Waals surface area contributed by atoms with Crippen molar-refractivity contribution in [1.82, 2.24) is 20.0 Å². The molecule has 132 valence electrons. The lowest BCUT2D eigenvalue weighted by Gasteiger charge is -2.14. The van der Waals surface area contributed by atoms with Gasteiger partial charge in [0.1, 0.15) is 12.1 Å². The Morgan fingerprint density at radius 2 is 2.19 bits per heavy atom. The van der Waals surface area contributed by atoms with E-state index in [-0.39, 0.29) is 28.9 Å². The third kappa shape index (κ3) is 3.13. The van der Waals surface area contributed by atoms with E-state index in [2.05, 4.69) is 15.1 Å². The van der Waals surface area contributed by atoms with Gasteiger partial charge in [-0.2, -0.15) is 4.98 Å². The van der Waals surface area contributed by atoms with Crippen molar-refractivity contribution >= 4 is 23.7 Å². The van der Waals surface area contributed by atoms with Crippen LogP contribution in [0, 0.1) is 12.7 Å². The summed E-state index contributed by atoms with van der Waals surface area (Å²) in [5.74, 6) is 0.831. The summed E-state index contributed by atoms with van der Waals surface area (Å²) in [5.41, 5.74) is 0.499. The van der Waals surface area contributed by atoms with Crippen LogP contribution in [0.25, 0.3) is 17.5 Å². The minimum Gasteiger partial charge on any atom is -0.448 e. The zero-order chi connectivity index (χ0) is 18.1. The topological polar surface area (TPSA) is 85.3 Å². The van der Waals surface area contributed by atoms with Gasteiger partial charge < -0.3 is 13.8 Å². The molecule has 0 unspecified atom stereocenters. The predicted molar refractivity (Wildman–Crippen MR) is 92.4 cm³/mol. The number of aromatic nitrogens is 3. The first-order chi connectivity index (χ1) is 12.6. The quantitative estimate of drug-likeness (QED) is 0.697. The summed E-state index contributed by atoms with van der Waals surface area (Å²) in [5, 5.41) is 4.48. The second-order valence-electron chi connectivity index (χ2n) is 5.48. The number of thioether (sulfide) groups is 1. The molecule has 7 nitrogen and oxygen atoms in total. The van der Waals surface area contributed by atoms with Gasteiger partial charge in [-0.05, 0) is 12.1 Å². The fourth-order valence-corrected chi connectivity index (χ4v) is 3.50. The van der Waals surface area contributed by atoms with Crippen LogP contribution in [0.4, 0.5) is 4.39 Å². The third-order valence-electron chi connectivity index (χ3n) is 3.72. The molecule has 0 aliphatic carbocycles. The van der Waals surface area contributed by atoms with Crippen LogP contribution in [0.2, 0.25) is 0 Å². The Labute approximate surface area is 151 Å². The van der Waals surface area contributed by atoms with Crippen LogP contribution in [0.1, 0.15) is 22.3 Å². The van der Waals surface area contributed by atoms with Crippen LogP contribution < -0.4 is 0 Å². The molecule has 1 amide bonds. The molecule has 1 aliphatic heterocycles. The highest BCUT2D eigenvalue weighted by atomic mass is 32.2. The molecule has 1 fully saturated rings. The largest absolute Gasteiger partial charge is 0.448 e. The van der Waals surface area contributed by atoms with Gasteiger partial charge in [-0.1, -0.05) is 17.3 Å². The van der Waals surface area contributed by atoms with E-state index < -0.39 is 5.82 Å². The van der Waals surface area contributed by atoms with Crippen LogP contribution in [-0.2, 0) is 0 Å². The zero-order valence-electron chi connectivity index (χ0n) is 13.7. The average molecular weight is 372 g/mol. The molecule has 0 N–H and O–H groups in total. The number of halogens is 1. The number of oxazole rings is 1. The molecular formula is C17H13FN4O3S. The van der Waals surface area contributed by atoms with Gasteiger partial charge in [-0.25, -0.2) is 9.37 Å². The number of amides is 1. The summed E-state index contributed by atoms with van der Waals surface area (Å²) < 4.78 is 24.1. The van der Waals surface area contributed by atoms with Crippen molar-refractivity contribution in [2.24, 2.45) is 0 Å². The molecule has 3 heterocycles. The molecule has 26 heavy (non-hydrogen) atoms. The van der Waals surface area contributed by atoms with Crippen LogP contribution in [0.3, 0.4) is 0 Å². The summed E-state index contributed by atoms with van der Waals surface area (Å²) in [6.45, 7) is 2.21. The second kappa shape index (κ2) is 6.75. The highest BCUT2D eigenvalue weighted by Gasteiger charge is 2.28. The fraction of sp³-hybridized carbons (Fsp3) is 0.176. The Kier molecular flexibility index (Phi) is 4.29. The molecule has 0 radical (unpaired) electrons. The fourth-order valence-electron chi connectivity index (χ4n) is 2.50. The molecule has 1 saturated heterocycles. The van der Waals surface area contributed by atoms with Gasteiger partial charge in [0.25, 0.3) is 11.8 Å². The van der Waals surface area contributed by atoms with Crippen molar-refractivity contribution in [3.05, 3.63) is 58.9 Å². The maximum Gasteiger partial charge on any atom is 0.280 e. The number of rotatable bonds is 3. The monoisotopic (exact) mass is 372 g/mol. The van der Waals surface area contributed by atoms with Crippen molar-refractivity contribution in [3.63, 3.8) is 0 Å². The van der Waals surface area contributed by atoms with Gasteiger partial charge in [0, 0.05) is 25.3 Å². The van der Waals surface area contributed by atoms with E-state index in [0.29, 0.717) is 17.5 Å². The molecule has 0 atom stereocenters. The lowest BCUT2D eigenvalue weighted by atomic mass is 10.2. The molecule has 4 rings (SSSR count). The van der Waals surface area contributed by atoms with Crippen LogP contribution in [0.15, 0.2) is 44.5 Å². The first-order valence-electron chi connectivity index (χ1n) is 7.79. The summed E-state index contributed by atoms with van der Waals surface area (Å²) in [6.07, 6.45) is 2.95. The average Bonchev–Trinajstić information content (AvgIpc) is 3.36. The Morgan fingerprint density at radius 3 is 2.96 bits per heavy atom. The summed E-state index contributed by atoms with van der Waals surface area (Å²) in [7, 11) is 0. The lowest BCUT2D eigenvalue weighted by molar-refractivity contribution is 0.0825. The number of hydrogen-bond acceptors (Lipinski definition) is 7. The van der Waals surface area contributed by atoms with E-state index in [1.807, 2.05) is 0 Å². The molecule has 0 spiro atoms. The van der Waals surface area contributed by atoms with Crippen molar-refractivity contribution in [2.75, 3.05) is 12.3 Å². The smallest absolute Gasteiger partial charge is 0.280 e. The molecule has 0 saturated carbocycles. The van der Waals surface area contributed by atoms with E-state index in [4.69, 9.17) is 8.94 Å². The van der Waals surface area contributed by atoms with Crippen molar-refractivity contribution in [1.29, 1.82) is 0 Å². The molecule has 2 aromatic heterocycles. The number of aryl methyl sites for hydroxylation is 1. The molecule has 1 aliphatic rings. The number of carbonyl (C=O) groups is 1. The zero-order valence-corrected chi connectivity index (χ0v) is 14.5. The minimum absolute atomic E-state index is 0.156. The Morgan fingerprint density at radius 1 is 1.35 bits per heavy atom. The van der Waals surface area contributed by atoms with E-state index in [1.54, 1.807) is 36.1 Å².